The lowest BCUT2D eigenvalue weighted by Crippen LogP contribution is -2.21. The molecular formula is C13H18N4O2. The van der Waals surface area contributed by atoms with E-state index in [2.05, 4.69) is 29.1 Å². The van der Waals surface area contributed by atoms with E-state index >= 15 is 0 Å². The molecule has 0 saturated carbocycles. The average Bonchev–Trinajstić information content (AvgIpc) is 2.39. The summed E-state index contributed by atoms with van der Waals surface area (Å²) in [6.45, 7) is 4.17. The van der Waals surface area contributed by atoms with Crippen molar-refractivity contribution in [1.82, 2.24) is 9.97 Å². The Labute approximate surface area is 111 Å². The molecule has 0 atom stereocenters. The molecule has 6 nitrogen and oxygen atoms in total. The summed E-state index contributed by atoms with van der Waals surface area (Å²) in [5.41, 5.74) is 6.06. The lowest BCUT2D eigenvalue weighted by molar-refractivity contribution is -0.114. The van der Waals surface area contributed by atoms with Crippen LogP contribution in [0, 0.1) is 0 Å². The van der Waals surface area contributed by atoms with Crippen LogP contribution in [0.4, 0.5) is 5.69 Å². The zero-order valence-corrected chi connectivity index (χ0v) is 11.1. The van der Waals surface area contributed by atoms with Crippen LogP contribution in [-0.4, -0.2) is 22.4 Å². The van der Waals surface area contributed by atoms with E-state index in [1.54, 1.807) is 18.2 Å². The predicted octanol–water partition coefficient (Wildman–Crippen LogP) is 1.24. The van der Waals surface area contributed by atoms with Gasteiger partial charge in [-0.2, -0.15) is 0 Å². The first-order valence-electron chi connectivity index (χ1n) is 6.09. The third-order valence-electron chi connectivity index (χ3n) is 2.11. The first-order valence-corrected chi connectivity index (χ1v) is 6.09. The fourth-order valence-corrected chi connectivity index (χ4v) is 1.36. The van der Waals surface area contributed by atoms with Crippen molar-refractivity contribution < 1.29 is 4.79 Å². The summed E-state index contributed by atoms with van der Waals surface area (Å²) in [7, 11) is 0. The molecule has 0 bridgehead atoms. The molecule has 102 valence electrons. The number of hydrogen-bond acceptors (Lipinski definition) is 4. The van der Waals surface area contributed by atoms with Crippen LogP contribution in [0.2, 0.25) is 0 Å². The zero-order valence-electron chi connectivity index (χ0n) is 11.1. The van der Waals surface area contributed by atoms with Crippen LogP contribution in [0.25, 0.3) is 10.9 Å². The molecule has 0 saturated heterocycles. The van der Waals surface area contributed by atoms with Crippen LogP contribution in [0.1, 0.15) is 20.3 Å². The normalized spacial score (nSPS) is 9.63. The number of carbonyl (C=O) groups excluding carboxylic acids is 1. The van der Waals surface area contributed by atoms with Gasteiger partial charge in [0.15, 0.2) is 0 Å². The third kappa shape index (κ3) is 4.18. The lowest BCUT2D eigenvalue weighted by atomic mass is 10.2. The molecule has 0 fully saturated rings. The molecule has 1 aromatic heterocycles. The summed E-state index contributed by atoms with van der Waals surface area (Å²) in [6.07, 6.45) is 2.57. The number of aromatic amines is 1. The van der Waals surface area contributed by atoms with Crippen molar-refractivity contribution in [1.29, 1.82) is 0 Å². The highest BCUT2D eigenvalue weighted by atomic mass is 16.1. The first kappa shape index (κ1) is 14.8. The van der Waals surface area contributed by atoms with Crippen LogP contribution < -0.4 is 16.6 Å². The van der Waals surface area contributed by atoms with Crippen molar-refractivity contribution in [3.8, 4) is 0 Å². The number of H-pyrrole nitrogens is 1. The number of anilines is 1. The van der Waals surface area contributed by atoms with Crippen LogP contribution in [-0.2, 0) is 4.79 Å². The van der Waals surface area contributed by atoms with E-state index in [1.165, 1.54) is 12.7 Å². The number of nitrogens with two attached hydrogens (primary N) is 1. The van der Waals surface area contributed by atoms with Crippen molar-refractivity contribution in [2.45, 2.75) is 20.3 Å². The molecule has 0 aliphatic carbocycles. The standard InChI is InChI=1S/C10H10N4O2.C3H8/c11-4-9(15)14-6-1-2-7-8(3-6)12-5-13-10(7)16;1-3-2/h1-3,5H,4,11H2,(H,14,15)(H,12,13,16);3H2,1-2H3. The largest absolute Gasteiger partial charge is 0.325 e. The summed E-state index contributed by atoms with van der Waals surface area (Å²) in [5.74, 6) is -0.288. The van der Waals surface area contributed by atoms with E-state index in [-0.39, 0.29) is 18.0 Å². The number of benzene rings is 1. The molecule has 1 aromatic carbocycles. The molecule has 2 rings (SSSR count). The highest BCUT2D eigenvalue weighted by Crippen LogP contribution is 2.13. The van der Waals surface area contributed by atoms with Gasteiger partial charge in [0.25, 0.3) is 5.56 Å². The molecule has 6 heteroatoms. The monoisotopic (exact) mass is 262 g/mol. The van der Waals surface area contributed by atoms with Gasteiger partial charge in [-0.3, -0.25) is 9.59 Å². The first-order chi connectivity index (χ1) is 9.12. The van der Waals surface area contributed by atoms with E-state index in [0.717, 1.165) is 0 Å². The van der Waals surface area contributed by atoms with Crippen LogP contribution in [0.15, 0.2) is 29.3 Å². The second-order valence-electron chi connectivity index (χ2n) is 3.92. The van der Waals surface area contributed by atoms with Gasteiger partial charge in [-0.1, -0.05) is 20.3 Å². The van der Waals surface area contributed by atoms with Gasteiger partial charge in [0.05, 0.1) is 23.8 Å². The molecule has 0 aliphatic rings. The summed E-state index contributed by atoms with van der Waals surface area (Å²) >= 11 is 0. The molecule has 0 radical (unpaired) electrons. The molecule has 1 heterocycles. The Balaban J connectivity index is 0.000000550. The van der Waals surface area contributed by atoms with E-state index in [1.807, 2.05) is 0 Å². The Hall–Kier alpha value is -2.21. The Kier molecular flexibility index (Phi) is 5.69. The summed E-state index contributed by atoms with van der Waals surface area (Å²) in [4.78, 5) is 28.9. The number of amides is 1. The third-order valence-corrected chi connectivity index (χ3v) is 2.11. The van der Waals surface area contributed by atoms with Gasteiger partial charge in [0, 0.05) is 5.69 Å². The smallest absolute Gasteiger partial charge is 0.258 e. The van der Waals surface area contributed by atoms with Crippen molar-refractivity contribution in [3.05, 3.63) is 34.9 Å². The Morgan fingerprint density at radius 2 is 2.11 bits per heavy atom. The summed E-state index contributed by atoms with van der Waals surface area (Å²) < 4.78 is 0. The van der Waals surface area contributed by atoms with Crippen molar-refractivity contribution >= 4 is 22.5 Å². The van der Waals surface area contributed by atoms with Gasteiger partial charge in [0.2, 0.25) is 5.91 Å². The molecule has 0 spiro atoms. The van der Waals surface area contributed by atoms with E-state index in [0.29, 0.717) is 16.6 Å². The topological polar surface area (TPSA) is 101 Å². The van der Waals surface area contributed by atoms with E-state index < -0.39 is 0 Å². The minimum atomic E-state index is -0.288. The minimum Gasteiger partial charge on any atom is -0.325 e. The summed E-state index contributed by atoms with van der Waals surface area (Å²) in [5, 5.41) is 3.07. The van der Waals surface area contributed by atoms with Crippen LogP contribution >= 0.6 is 0 Å². The van der Waals surface area contributed by atoms with Gasteiger partial charge >= 0.3 is 0 Å². The number of hydrogen-bond donors (Lipinski definition) is 3. The maximum Gasteiger partial charge on any atom is 0.258 e. The molecule has 2 aromatic rings. The number of rotatable bonds is 2. The minimum absolute atomic E-state index is 0.0825. The number of fused-ring (bicyclic) bond motifs is 1. The number of aromatic nitrogens is 2. The Morgan fingerprint density at radius 3 is 2.74 bits per heavy atom. The van der Waals surface area contributed by atoms with Gasteiger partial charge in [-0.05, 0) is 18.2 Å². The predicted molar refractivity (Wildman–Crippen MR) is 76.0 cm³/mol. The molecule has 1 amide bonds. The SMILES string of the molecule is CCC.NCC(=O)Nc1ccc2c(=O)[nH]cnc2c1. The van der Waals surface area contributed by atoms with Gasteiger partial charge in [-0.25, -0.2) is 4.98 Å². The molecule has 4 N–H and O–H groups in total. The average molecular weight is 262 g/mol. The van der Waals surface area contributed by atoms with Crippen LogP contribution in [0.5, 0.6) is 0 Å². The number of nitrogens with zero attached hydrogens (tertiary/aromatic N) is 1. The van der Waals surface area contributed by atoms with Gasteiger partial charge < -0.3 is 16.0 Å². The molecule has 19 heavy (non-hydrogen) atoms. The van der Waals surface area contributed by atoms with Crippen molar-refractivity contribution in [2.75, 3.05) is 11.9 Å². The maximum absolute atomic E-state index is 11.4. The second kappa shape index (κ2) is 7.27. The van der Waals surface area contributed by atoms with Gasteiger partial charge in [-0.15, -0.1) is 0 Å². The number of carbonyl (C=O) groups is 1. The van der Waals surface area contributed by atoms with Crippen molar-refractivity contribution in [2.24, 2.45) is 5.73 Å². The highest BCUT2D eigenvalue weighted by Gasteiger charge is 2.03. The second-order valence-corrected chi connectivity index (χ2v) is 3.92. The molecule has 0 unspecified atom stereocenters. The van der Waals surface area contributed by atoms with E-state index in [4.69, 9.17) is 5.73 Å². The molecular weight excluding hydrogens is 244 g/mol. The quantitative estimate of drug-likeness (QED) is 0.757. The lowest BCUT2D eigenvalue weighted by Gasteiger charge is -2.03. The fraction of sp³-hybridized carbons (Fsp3) is 0.308. The highest BCUT2D eigenvalue weighted by molar-refractivity contribution is 5.94. The zero-order chi connectivity index (χ0) is 14.3. The number of nitrogens with one attached hydrogen (secondary N) is 2. The van der Waals surface area contributed by atoms with Crippen molar-refractivity contribution in [3.63, 3.8) is 0 Å². The van der Waals surface area contributed by atoms with Crippen LogP contribution in [0.3, 0.4) is 0 Å². The van der Waals surface area contributed by atoms with Gasteiger partial charge in [0.1, 0.15) is 0 Å². The van der Waals surface area contributed by atoms with E-state index in [9.17, 15) is 9.59 Å². The Bertz CT molecular complexity index is 607. The summed E-state index contributed by atoms with van der Waals surface area (Å²) in [6, 6.07) is 4.86. The fourth-order valence-electron chi connectivity index (χ4n) is 1.36. The maximum atomic E-state index is 11.4. The molecule has 0 aliphatic heterocycles. The Morgan fingerprint density at radius 1 is 1.42 bits per heavy atom.